The summed E-state index contributed by atoms with van der Waals surface area (Å²) in [5.74, 6) is -0.261. The molecule has 2 rings (SSSR count). The van der Waals surface area contributed by atoms with Crippen LogP contribution >= 0.6 is 0 Å². The van der Waals surface area contributed by atoms with Crippen molar-refractivity contribution in [3.63, 3.8) is 0 Å². The van der Waals surface area contributed by atoms with Crippen LogP contribution in [-0.4, -0.2) is 25.6 Å². The second kappa shape index (κ2) is 4.97. The van der Waals surface area contributed by atoms with E-state index >= 15 is 0 Å². The molecule has 18 heavy (non-hydrogen) atoms. The van der Waals surface area contributed by atoms with Crippen molar-refractivity contribution in [2.45, 2.75) is 18.7 Å². The average molecular weight is 260 g/mol. The molecule has 1 heterocycles. The summed E-state index contributed by atoms with van der Waals surface area (Å²) in [5.41, 5.74) is -0.962. The summed E-state index contributed by atoms with van der Waals surface area (Å²) >= 11 is 0. The van der Waals surface area contributed by atoms with Gasteiger partial charge in [0.15, 0.2) is 0 Å². The van der Waals surface area contributed by atoms with Crippen LogP contribution in [0.4, 0.5) is 13.2 Å². The number of carbonyl (C=O) groups excluding carboxylic acids is 1. The number of ether oxygens (including phenoxy) is 2. The van der Waals surface area contributed by atoms with Crippen LogP contribution < -0.4 is 4.74 Å². The second-order valence-corrected chi connectivity index (χ2v) is 3.97. The van der Waals surface area contributed by atoms with Gasteiger partial charge in [0.2, 0.25) is 0 Å². The summed E-state index contributed by atoms with van der Waals surface area (Å²) in [7, 11) is 0. The summed E-state index contributed by atoms with van der Waals surface area (Å²) in [4.78, 5) is 10.5. The molecule has 6 heteroatoms. The minimum absolute atomic E-state index is 0.0302. The number of halogens is 3. The van der Waals surface area contributed by atoms with Crippen molar-refractivity contribution in [2.24, 2.45) is 0 Å². The maximum atomic E-state index is 12.8. The van der Waals surface area contributed by atoms with Gasteiger partial charge in [0.1, 0.15) is 18.1 Å². The van der Waals surface area contributed by atoms with Crippen LogP contribution in [0.25, 0.3) is 0 Å². The third-order valence-corrected chi connectivity index (χ3v) is 2.63. The van der Waals surface area contributed by atoms with E-state index in [1.807, 2.05) is 0 Å². The first-order valence-corrected chi connectivity index (χ1v) is 5.41. The Morgan fingerprint density at radius 3 is 2.72 bits per heavy atom. The zero-order chi connectivity index (χ0) is 13.2. The molecule has 1 atom stereocenters. The Balaban J connectivity index is 2.30. The summed E-state index contributed by atoms with van der Waals surface area (Å²) in [6, 6.07) is 3.26. The summed E-state index contributed by atoms with van der Waals surface area (Å²) in [5, 5.41) is 0. The number of carbonyl (C=O) groups is 1. The molecular weight excluding hydrogens is 249 g/mol. The summed E-state index contributed by atoms with van der Waals surface area (Å²) in [6.45, 7) is 0.769. The number of hydrogen-bond acceptors (Lipinski definition) is 3. The lowest BCUT2D eigenvalue weighted by molar-refractivity contribution is -0.139. The van der Waals surface area contributed by atoms with Gasteiger partial charge >= 0.3 is 6.18 Å². The minimum atomic E-state index is -4.55. The molecular formula is C12H11F3O3. The van der Waals surface area contributed by atoms with Crippen molar-refractivity contribution >= 4 is 6.29 Å². The predicted octanol–water partition coefficient (Wildman–Crippen LogP) is 2.69. The van der Waals surface area contributed by atoms with E-state index in [1.54, 1.807) is 0 Å². The molecule has 1 aromatic rings. The van der Waals surface area contributed by atoms with Crippen LogP contribution in [0, 0.1) is 0 Å². The summed E-state index contributed by atoms with van der Waals surface area (Å²) < 4.78 is 48.7. The monoisotopic (exact) mass is 260 g/mol. The number of hydrogen-bond donors (Lipinski definition) is 0. The molecule has 0 bridgehead atoms. The molecule has 0 amide bonds. The predicted molar refractivity (Wildman–Crippen MR) is 56.7 cm³/mol. The minimum Gasteiger partial charge on any atom is -0.487 e. The van der Waals surface area contributed by atoms with Gasteiger partial charge in [-0.1, -0.05) is 0 Å². The molecule has 0 aromatic heterocycles. The van der Waals surface area contributed by atoms with Gasteiger partial charge in [-0.15, -0.1) is 0 Å². The highest BCUT2D eigenvalue weighted by Crippen LogP contribution is 2.37. The molecule has 1 fully saturated rings. The molecule has 1 aliphatic rings. The Bertz CT molecular complexity index is 437. The van der Waals surface area contributed by atoms with E-state index in [2.05, 4.69) is 0 Å². The van der Waals surface area contributed by atoms with E-state index < -0.39 is 11.7 Å². The van der Waals surface area contributed by atoms with Crippen molar-refractivity contribution in [1.29, 1.82) is 0 Å². The van der Waals surface area contributed by atoms with Gasteiger partial charge in [0.05, 0.1) is 18.8 Å². The van der Waals surface area contributed by atoms with Gasteiger partial charge in [-0.05, 0) is 18.2 Å². The fraction of sp³-hybridized carbons (Fsp3) is 0.417. The van der Waals surface area contributed by atoms with E-state index in [1.165, 1.54) is 12.1 Å². The van der Waals surface area contributed by atoms with Crippen LogP contribution in [0.1, 0.15) is 22.3 Å². The zero-order valence-electron chi connectivity index (χ0n) is 9.37. The van der Waals surface area contributed by atoms with Crippen molar-refractivity contribution in [3.05, 3.63) is 29.3 Å². The number of benzene rings is 1. The molecule has 0 N–H and O–H groups in total. The van der Waals surface area contributed by atoms with Crippen LogP contribution in [0.3, 0.4) is 0 Å². The first-order chi connectivity index (χ1) is 8.50. The van der Waals surface area contributed by atoms with Crippen LogP contribution in [0.2, 0.25) is 0 Å². The van der Waals surface area contributed by atoms with Crippen molar-refractivity contribution in [3.8, 4) is 5.75 Å². The number of rotatable bonds is 3. The largest absolute Gasteiger partial charge is 0.487 e. The first kappa shape index (κ1) is 12.9. The summed E-state index contributed by atoms with van der Waals surface area (Å²) in [6.07, 6.45) is -3.98. The Hall–Kier alpha value is -1.56. The van der Waals surface area contributed by atoms with E-state index in [-0.39, 0.29) is 24.0 Å². The lowest BCUT2D eigenvalue weighted by atomic mass is 10.1. The SMILES string of the molecule is O=Cc1ccc(OC2CCOC2)c(C(F)(F)F)c1. The van der Waals surface area contributed by atoms with Gasteiger partial charge < -0.3 is 9.47 Å². The normalized spacial score (nSPS) is 19.8. The second-order valence-electron chi connectivity index (χ2n) is 3.97. The number of aldehydes is 1. The van der Waals surface area contributed by atoms with Gasteiger partial charge in [-0.25, -0.2) is 0 Å². The lowest BCUT2D eigenvalue weighted by Gasteiger charge is -2.17. The topological polar surface area (TPSA) is 35.5 Å². The molecule has 0 saturated carbocycles. The average Bonchev–Trinajstić information content (AvgIpc) is 2.81. The molecule has 0 radical (unpaired) electrons. The van der Waals surface area contributed by atoms with Crippen LogP contribution in [0.5, 0.6) is 5.75 Å². The van der Waals surface area contributed by atoms with Gasteiger partial charge in [-0.2, -0.15) is 13.2 Å². The maximum absolute atomic E-state index is 12.8. The molecule has 3 nitrogen and oxygen atoms in total. The Kier molecular flexibility index (Phi) is 3.56. The van der Waals surface area contributed by atoms with Crippen molar-refractivity contribution in [1.82, 2.24) is 0 Å². The third kappa shape index (κ3) is 2.81. The van der Waals surface area contributed by atoms with E-state index in [0.29, 0.717) is 19.3 Å². The quantitative estimate of drug-likeness (QED) is 0.784. The van der Waals surface area contributed by atoms with Gasteiger partial charge in [0, 0.05) is 12.0 Å². The molecule has 1 unspecified atom stereocenters. The Morgan fingerprint density at radius 1 is 1.39 bits per heavy atom. The Labute approximate surface area is 102 Å². The molecule has 1 aliphatic heterocycles. The van der Waals surface area contributed by atoms with E-state index in [4.69, 9.17) is 9.47 Å². The molecule has 1 aromatic carbocycles. The van der Waals surface area contributed by atoms with E-state index in [9.17, 15) is 18.0 Å². The van der Waals surface area contributed by atoms with E-state index in [0.717, 1.165) is 6.07 Å². The number of alkyl halides is 3. The zero-order valence-corrected chi connectivity index (χ0v) is 9.37. The highest BCUT2D eigenvalue weighted by atomic mass is 19.4. The lowest BCUT2D eigenvalue weighted by Crippen LogP contribution is -2.18. The highest BCUT2D eigenvalue weighted by molar-refractivity contribution is 5.75. The van der Waals surface area contributed by atoms with Crippen molar-refractivity contribution in [2.75, 3.05) is 13.2 Å². The van der Waals surface area contributed by atoms with Gasteiger partial charge in [0.25, 0.3) is 0 Å². The molecule has 0 aliphatic carbocycles. The van der Waals surface area contributed by atoms with Gasteiger partial charge in [-0.3, -0.25) is 4.79 Å². The molecule has 1 saturated heterocycles. The fourth-order valence-corrected chi connectivity index (χ4v) is 1.73. The first-order valence-electron chi connectivity index (χ1n) is 5.41. The van der Waals surface area contributed by atoms with Crippen molar-refractivity contribution < 1.29 is 27.4 Å². The highest BCUT2D eigenvalue weighted by Gasteiger charge is 2.35. The standard InChI is InChI=1S/C12H11F3O3/c13-12(14,15)10-5-8(6-16)1-2-11(10)18-9-3-4-17-7-9/h1-2,5-6,9H,3-4,7H2. The third-order valence-electron chi connectivity index (χ3n) is 2.63. The van der Waals surface area contributed by atoms with Crippen LogP contribution in [0.15, 0.2) is 18.2 Å². The van der Waals surface area contributed by atoms with Crippen LogP contribution in [-0.2, 0) is 10.9 Å². The smallest absolute Gasteiger partial charge is 0.419 e. The maximum Gasteiger partial charge on any atom is 0.419 e. The molecule has 98 valence electrons. The Morgan fingerprint density at radius 2 is 2.17 bits per heavy atom. The fourth-order valence-electron chi connectivity index (χ4n) is 1.73. The molecule has 0 spiro atoms.